The number of nitrogens with zero attached hydrogens (tertiary/aromatic N) is 1. The molecule has 1 unspecified atom stereocenters. The van der Waals surface area contributed by atoms with Crippen LogP contribution in [0.5, 0.6) is 5.75 Å². The molecule has 2 heterocycles. The lowest BCUT2D eigenvalue weighted by molar-refractivity contribution is -0.143. The molecule has 3 N–H and O–H groups in total. The topological polar surface area (TPSA) is 90.9 Å². The first-order valence-electron chi connectivity index (χ1n) is 13.9. The van der Waals surface area contributed by atoms with E-state index < -0.39 is 47.9 Å². The molecule has 0 bridgehead atoms. The van der Waals surface area contributed by atoms with E-state index >= 15 is 0 Å². The zero-order valence-electron chi connectivity index (χ0n) is 23.9. The van der Waals surface area contributed by atoms with Gasteiger partial charge in [-0.25, -0.2) is 0 Å². The lowest BCUT2D eigenvalue weighted by atomic mass is 9.93. The number of nitrogens with one attached hydrogen (secondary N) is 2. The van der Waals surface area contributed by atoms with Crippen molar-refractivity contribution in [3.8, 4) is 5.75 Å². The minimum Gasteiger partial charge on any atom is -0.493 e. The lowest BCUT2D eigenvalue weighted by Crippen LogP contribution is -2.49. The van der Waals surface area contributed by atoms with Gasteiger partial charge in [0.1, 0.15) is 5.75 Å². The number of carbonyl (C=O) groups is 2. The fourth-order valence-electron chi connectivity index (χ4n) is 5.50. The summed E-state index contributed by atoms with van der Waals surface area (Å²) >= 11 is 0. The summed E-state index contributed by atoms with van der Waals surface area (Å²) in [5.41, 5.74) is -0.490. The van der Waals surface area contributed by atoms with Gasteiger partial charge in [-0.15, -0.1) is 12.4 Å². The van der Waals surface area contributed by atoms with Crippen LogP contribution in [-0.4, -0.2) is 47.1 Å². The maximum atomic E-state index is 13.3. The van der Waals surface area contributed by atoms with E-state index in [1.807, 2.05) is 24.3 Å². The highest BCUT2D eigenvalue weighted by atomic mass is 35.5. The highest BCUT2D eigenvalue weighted by Gasteiger charge is 2.38. The third-order valence-electron chi connectivity index (χ3n) is 7.70. The predicted octanol–water partition coefficient (Wildman–Crippen LogP) is 5.51. The Morgan fingerprint density at radius 1 is 1.02 bits per heavy atom. The van der Waals surface area contributed by atoms with Crippen LogP contribution in [0.15, 0.2) is 54.6 Å². The van der Waals surface area contributed by atoms with Crippen LogP contribution in [0.25, 0.3) is 0 Å². The second-order valence-corrected chi connectivity index (χ2v) is 10.8. The maximum absolute atomic E-state index is 13.3. The number of aliphatic hydroxyl groups excluding tert-OH is 1. The summed E-state index contributed by atoms with van der Waals surface area (Å²) in [5.74, 6) is -1.13. The molecular formula is C31H30ClF6N3O4. The summed E-state index contributed by atoms with van der Waals surface area (Å²) in [6.45, 7) is 1.65. The fourth-order valence-corrected chi connectivity index (χ4v) is 5.50. The molecule has 0 aliphatic carbocycles. The molecular weight excluding hydrogens is 628 g/mol. The van der Waals surface area contributed by atoms with Crippen molar-refractivity contribution in [2.24, 2.45) is 0 Å². The van der Waals surface area contributed by atoms with Crippen LogP contribution in [0.1, 0.15) is 61.0 Å². The van der Waals surface area contributed by atoms with Crippen molar-refractivity contribution < 1.29 is 45.8 Å². The summed E-state index contributed by atoms with van der Waals surface area (Å²) in [6, 6.07) is 11.5. The summed E-state index contributed by atoms with van der Waals surface area (Å²) in [6.07, 6.45) is -10.4. The summed E-state index contributed by atoms with van der Waals surface area (Å²) in [7, 11) is 0. The van der Waals surface area contributed by atoms with Gasteiger partial charge in [0, 0.05) is 37.8 Å². The Labute approximate surface area is 261 Å². The molecule has 0 radical (unpaired) electrons. The van der Waals surface area contributed by atoms with Crippen LogP contribution in [0.3, 0.4) is 0 Å². The summed E-state index contributed by atoms with van der Waals surface area (Å²) in [4.78, 5) is 27.5. The van der Waals surface area contributed by atoms with Gasteiger partial charge in [0.05, 0.1) is 29.4 Å². The van der Waals surface area contributed by atoms with Crippen LogP contribution >= 0.6 is 12.4 Å². The van der Waals surface area contributed by atoms with Crippen molar-refractivity contribution in [2.45, 2.75) is 57.5 Å². The van der Waals surface area contributed by atoms with Gasteiger partial charge >= 0.3 is 12.4 Å². The van der Waals surface area contributed by atoms with E-state index in [9.17, 15) is 41.0 Å². The molecule has 5 rings (SSSR count). The second kappa shape index (κ2) is 13.3. The van der Waals surface area contributed by atoms with Crippen LogP contribution < -0.4 is 15.4 Å². The van der Waals surface area contributed by atoms with Gasteiger partial charge in [-0.05, 0) is 65.9 Å². The Balaban J connectivity index is 0.00000461. The zero-order chi connectivity index (χ0) is 31.8. The number of fused-ring (bicyclic) bond motifs is 2. The SMILES string of the molecule is CCOc1cc2c(cc1C(=O)NCC(O)[C@@H]1Cc3ccccc3CN1)CN(Cc1cc(C(F)(F)F)cc(C(F)(F)F)c1)C2=O.Cl. The molecule has 3 aromatic rings. The number of alkyl halides is 6. The van der Waals surface area contributed by atoms with E-state index in [1.54, 1.807) is 6.92 Å². The molecule has 0 fully saturated rings. The molecule has 0 spiro atoms. The van der Waals surface area contributed by atoms with E-state index in [-0.39, 0.29) is 66.7 Å². The van der Waals surface area contributed by atoms with Crippen molar-refractivity contribution in [1.29, 1.82) is 0 Å². The van der Waals surface area contributed by atoms with Gasteiger partial charge in [-0.3, -0.25) is 9.59 Å². The first kappa shape index (κ1) is 34.1. The van der Waals surface area contributed by atoms with Crippen molar-refractivity contribution in [3.63, 3.8) is 0 Å². The van der Waals surface area contributed by atoms with E-state index in [2.05, 4.69) is 10.6 Å². The molecule has 242 valence electrons. The van der Waals surface area contributed by atoms with E-state index in [4.69, 9.17) is 4.74 Å². The molecule has 0 saturated heterocycles. The first-order valence-corrected chi connectivity index (χ1v) is 13.9. The third kappa shape index (κ3) is 7.54. The van der Waals surface area contributed by atoms with Crippen LogP contribution in [-0.2, 0) is 38.4 Å². The number of benzene rings is 3. The average molecular weight is 658 g/mol. The summed E-state index contributed by atoms with van der Waals surface area (Å²) < 4.78 is 85.6. The number of halogens is 7. The van der Waals surface area contributed by atoms with Gasteiger partial charge in [0.25, 0.3) is 11.8 Å². The van der Waals surface area contributed by atoms with Crippen LogP contribution in [0.4, 0.5) is 26.3 Å². The van der Waals surface area contributed by atoms with E-state index in [1.165, 1.54) is 12.1 Å². The number of aliphatic hydroxyl groups is 1. The highest BCUT2D eigenvalue weighted by molar-refractivity contribution is 6.03. The maximum Gasteiger partial charge on any atom is 0.416 e. The van der Waals surface area contributed by atoms with Gasteiger partial charge in [0.2, 0.25) is 0 Å². The molecule has 2 amide bonds. The predicted molar refractivity (Wildman–Crippen MR) is 154 cm³/mol. The molecule has 2 atom stereocenters. The Morgan fingerprint density at radius 2 is 1.67 bits per heavy atom. The molecule has 0 aromatic heterocycles. The number of hydrogen-bond donors (Lipinski definition) is 3. The molecule has 2 aliphatic rings. The Kier molecular flexibility index (Phi) is 10.1. The smallest absolute Gasteiger partial charge is 0.416 e. The third-order valence-corrected chi connectivity index (χ3v) is 7.70. The zero-order valence-corrected chi connectivity index (χ0v) is 24.7. The Hall–Kier alpha value is -3.81. The Morgan fingerprint density at radius 3 is 2.29 bits per heavy atom. The van der Waals surface area contributed by atoms with Crippen molar-refractivity contribution >= 4 is 24.2 Å². The minimum absolute atomic E-state index is 0. The first-order chi connectivity index (χ1) is 20.7. The van der Waals surface area contributed by atoms with Crippen molar-refractivity contribution in [2.75, 3.05) is 13.2 Å². The second-order valence-electron chi connectivity index (χ2n) is 10.8. The number of carbonyl (C=O) groups excluding carboxylic acids is 2. The van der Waals surface area contributed by atoms with Gasteiger partial charge in [-0.2, -0.15) is 26.3 Å². The van der Waals surface area contributed by atoms with E-state index in [0.717, 1.165) is 16.0 Å². The van der Waals surface area contributed by atoms with Crippen molar-refractivity contribution in [1.82, 2.24) is 15.5 Å². The monoisotopic (exact) mass is 657 g/mol. The van der Waals surface area contributed by atoms with Crippen LogP contribution in [0, 0.1) is 0 Å². The average Bonchev–Trinajstić information content (AvgIpc) is 3.27. The lowest BCUT2D eigenvalue weighted by Gasteiger charge is -2.30. The molecule has 7 nitrogen and oxygen atoms in total. The molecule has 45 heavy (non-hydrogen) atoms. The summed E-state index contributed by atoms with van der Waals surface area (Å²) in [5, 5.41) is 16.7. The standard InChI is InChI=1S/C31H29F6N3O4.ClH/c1-2-44-27-12-23-20(9-24(27)28(42)39-14-26(41)25-10-18-5-3-4-6-19(18)13-38-25)16-40(29(23)43)15-17-7-21(30(32,33)34)11-22(8-17)31(35,36)37;/h3-9,11-12,25-26,38,41H,2,10,13-16H2,1H3,(H,39,42);1H/t25-,26?;/m0./s1. The molecule has 0 saturated carbocycles. The molecule has 14 heteroatoms. The van der Waals surface area contributed by atoms with Crippen LogP contribution in [0.2, 0.25) is 0 Å². The fraction of sp³-hybridized carbons (Fsp3) is 0.355. The van der Waals surface area contributed by atoms with Gasteiger partial charge in [0.15, 0.2) is 0 Å². The highest BCUT2D eigenvalue weighted by Crippen LogP contribution is 2.38. The quantitative estimate of drug-likeness (QED) is 0.278. The molecule has 3 aromatic carbocycles. The van der Waals surface area contributed by atoms with Gasteiger partial charge < -0.3 is 25.4 Å². The molecule has 2 aliphatic heterocycles. The minimum atomic E-state index is -5.02. The number of amides is 2. The number of ether oxygens (including phenoxy) is 1. The Bertz CT molecular complexity index is 1550. The number of hydrogen-bond acceptors (Lipinski definition) is 5. The number of rotatable bonds is 8. The largest absolute Gasteiger partial charge is 0.493 e. The normalized spacial score (nSPS) is 16.8. The van der Waals surface area contributed by atoms with Gasteiger partial charge in [-0.1, -0.05) is 24.3 Å². The van der Waals surface area contributed by atoms with Crippen molar-refractivity contribution in [3.05, 3.63) is 99.1 Å². The van der Waals surface area contributed by atoms with E-state index in [0.29, 0.717) is 30.7 Å².